The number of carboxylic acids is 1. The highest BCUT2D eigenvalue weighted by Crippen LogP contribution is 2.08. The minimum absolute atomic E-state index is 0.0868. The fourth-order valence-electron chi connectivity index (χ4n) is 2.01. The molecule has 1 atom stereocenters. The number of rotatable bonds is 9. The highest BCUT2D eigenvalue weighted by atomic mass is 19.1. The first-order valence-electron chi connectivity index (χ1n) is 6.81. The summed E-state index contributed by atoms with van der Waals surface area (Å²) < 4.78 is 12.8. The molecular formula is C15H22FNO2. The Morgan fingerprint density at radius 3 is 2.58 bits per heavy atom. The van der Waals surface area contributed by atoms with E-state index in [0.29, 0.717) is 6.42 Å². The van der Waals surface area contributed by atoms with Gasteiger partial charge in [-0.3, -0.25) is 4.79 Å². The third-order valence-electron chi connectivity index (χ3n) is 3.03. The molecule has 0 heterocycles. The Bertz CT molecular complexity index is 378. The number of unbranched alkanes of at least 4 members (excludes halogenated alkanes) is 2. The molecule has 0 bridgehead atoms. The second kappa shape index (κ2) is 8.64. The van der Waals surface area contributed by atoms with Gasteiger partial charge in [-0.05, 0) is 37.1 Å². The van der Waals surface area contributed by atoms with E-state index in [1.807, 2.05) is 0 Å². The molecule has 4 heteroatoms. The minimum Gasteiger partial charge on any atom is -0.481 e. The van der Waals surface area contributed by atoms with Gasteiger partial charge >= 0.3 is 5.97 Å². The van der Waals surface area contributed by atoms with Gasteiger partial charge in [0.15, 0.2) is 0 Å². The van der Waals surface area contributed by atoms with Crippen molar-refractivity contribution in [3.63, 3.8) is 0 Å². The molecule has 106 valence electrons. The van der Waals surface area contributed by atoms with Crippen molar-refractivity contribution < 1.29 is 14.3 Å². The summed E-state index contributed by atoms with van der Waals surface area (Å²) in [5, 5.41) is 12.2. The monoisotopic (exact) mass is 267 g/mol. The van der Waals surface area contributed by atoms with Crippen molar-refractivity contribution >= 4 is 5.97 Å². The highest BCUT2D eigenvalue weighted by Gasteiger charge is 2.13. The molecule has 0 fully saturated rings. The first-order chi connectivity index (χ1) is 9.11. The van der Waals surface area contributed by atoms with Crippen molar-refractivity contribution in [3.05, 3.63) is 35.6 Å². The number of hydrogen-bond donors (Lipinski definition) is 2. The maximum absolute atomic E-state index is 12.8. The summed E-state index contributed by atoms with van der Waals surface area (Å²) in [5.74, 6) is -1.08. The third-order valence-corrected chi connectivity index (χ3v) is 3.03. The fraction of sp³-hybridized carbons (Fsp3) is 0.533. The van der Waals surface area contributed by atoms with Crippen LogP contribution in [0.3, 0.4) is 0 Å². The third kappa shape index (κ3) is 6.91. The molecule has 1 rings (SSSR count). The van der Waals surface area contributed by atoms with E-state index in [-0.39, 0.29) is 18.3 Å². The van der Waals surface area contributed by atoms with E-state index in [1.54, 1.807) is 12.1 Å². The topological polar surface area (TPSA) is 49.3 Å². The summed E-state index contributed by atoms with van der Waals surface area (Å²) in [7, 11) is 0. The van der Waals surface area contributed by atoms with Gasteiger partial charge in [0.25, 0.3) is 0 Å². The Morgan fingerprint density at radius 2 is 2.00 bits per heavy atom. The lowest BCUT2D eigenvalue weighted by Crippen LogP contribution is -2.34. The van der Waals surface area contributed by atoms with Crippen LogP contribution in [0.5, 0.6) is 0 Å². The Kier molecular flexibility index (Phi) is 7.11. The van der Waals surface area contributed by atoms with Crippen LogP contribution in [-0.4, -0.2) is 23.7 Å². The predicted molar refractivity (Wildman–Crippen MR) is 73.7 cm³/mol. The molecule has 3 nitrogen and oxygen atoms in total. The van der Waals surface area contributed by atoms with Crippen molar-refractivity contribution in [3.8, 4) is 0 Å². The molecule has 0 saturated heterocycles. The summed E-state index contributed by atoms with van der Waals surface area (Å²) >= 11 is 0. The predicted octanol–water partition coefficient (Wildman–Crippen LogP) is 2.99. The standard InChI is InChI=1S/C15H22FNO2/c1-2-3-4-9-17-14(11-15(18)19)10-12-5-7-13(16)8-6-12/h5-8,14,17H,2-4,9-11H2,1H3,(H,18,19). The van der Waals surface area contributed by atoms with Crippen LogP contribution < -0.4 is 5.32 Å². The van der Waals surface area contributed by atoms with Gasteiger partial charge < -0.3 is 10.4 Å². The van der Waals surface area contributed by atoms with Crippen LogP contribution in [0.2, 0.25) is 0 Å². The van der Waals surface area contributed by atoms with E-state index < -0.39 is 5.97 Å². The van der Waals surface area contributed by atoms with Crippen molar-refractivity contribution in [1.82, 2.24) is 5.32 Å². The maximum atomic E-state index is 12.8. The second-order valence-electron chi connectivity index (χ2n) is 4.79. The lowest BCUT2D eigenvalue weighted by atomic mass is 10.0. The molecule has 1 aromatic carbocycles. The molecule has 1 unspecified atom stereocenters. The molecule has 1 aromatic rings. The van der Waals surface area contributed by atoms with Crippen LogP contribution in [0.1, 0.15) is 38.2 Å². The molecule has 0 aliphatic rings. The van der Waals surface area contributed by atoms with E-state index in [0.717, 1.165) is 31.4 Å². The zero-order valence-corrected chi connectivity index (χ0v) is 11.4. The van der Waals surface area contributed by atoms with Gasteiger partial charge in [-0.2, -0.15) is 0 Å². The van der Waals surface area contributed by atoms with Crippen molar-refractivity contribution in [2.75, 3.05) is 6.54 Å². The van der Waals surface area contributed by atoms with Gasteiger partial charge in [0, 0.05) is 6.04 Å². The van der Waals surface area contributed by atoms with Crippen molar-refractivity contribution in [2.45, 2.75) is 45.1 Å². The summed E-state index contributed by atoms with van der Waals surface area (Å²) in [6.45, 7) is 2.96. The van der Waals surface area contributed by atoms with Crippen LogP contribution >= 0.6 is 0 Å². The van der Waals surface area contributed by atoms with E-state index in [4.69, 9.17) is 5.11 Å². The van der Waals surface area contributed by atoms with Crippen molar-refractivity contribution in [2.24, 2.45) is 0 Å². The Labute approximate surface area is 113 Å². The average Bonchev–Trinajstić information content (AvgIpc) is 2.36. The van der Waals surface area contributed by atoms with E-state index in [9.17, 15) is 9.18 Å². The lowest BCUT2D eigenvalue weighted by molar-refractivity contribution is -0.137. The van der Waals surface area contributed by atoms with Gasteiger partial charge in [-0.15, -0.1) is 0 Å². The van der Waals surface area contributed by atoms with Crippen LogP contribution in [0.4, 0.5) is 4.39 Å². The van der Waals surface area contributed by atoms with Gasteiger partial charge in [-0.25, -0.2) is 4.39 Å². The molecule has 0 radical (unpaired) electrons. The summed E-state index contributed by atoms with van der Waals surface area (Å²) in [6.07, 6.45) is 4.03. The molecule has 0 aliphatic heterocycles. The van der Waals surface area contributed by atoms with E-state index in [2.05, 4.69) is 12.2 Å². The summed E-state index contributed by atoms with van der Waals surface area (Å²) in [6, 6.07) is 6.13. The zero-order chi connectivity index (χ0) is 14.1. The van der Waals surface area contributed by atoms with Crippen molar-refractivity contribution in [1.29, 1.82) is 0 Å². The van der Waals surface area contributed by atoms with Gasteiger partial charge in [0.05, 0.1) is 6.42 Å². The summed E-state index contributed by atoms with van der Waals surface area (Å²) in [5.41, 5.74) is 0.954. The average molecular weight is 267 g/mol. The molecule has 19 heavy (non-hydrogen) atoms. The number of carboxylic acid groups (broad SMARTS) is 1. The Morgan fingerprint density at radius 1 is 1.32 bits per heavy atom. The van der Waals surface area contributed by atoms with Gasteiger partial charge in [0.2, 0.25) is 0 Å². The maximum Gasteiger partial charge on any atom is 0.304 e. The first-order valence-corrected chi connectivity index (χ1v) is 6.81. The molecule has 0 saturated carbocycles. The smallest absolute Gasteiger partial charge is 0.304 e. The molecule has 0 spiro atoms. The minimum atomic E-state index is -0.810. The van der Waals surface area contributed by atoms with Gasteiger partial charge in [-0.1, -0.05) is 31.9 Å². The molecule has 2 N–H and O–H groups in total. The van der Waals surface area contributed by atoms with Gasteiger partial charge in [0.1, 0.15) is 5.82 Å². The largest absolute Gasteiger partial charge is 0.481 e. The SMILES string of the molecule is CCCCCNC(CC(=O)O)Cc1ccc(F)cc1. The number of halogens is 1. The molecule has 0 amide bonds. The number of benzene rings is 1. The van der Waals surface area contributed by atoms with Crippen LogP contribution in [0.15, 0.2) is 24.3 Å². The molecule has 0 aromatic heterocycles. The highest BCUT2D eigenvalue weighted by molar-refractivity contribution is 5.67. The zero-order valence-electron chi connectivity index (χ0n) is 11.4. The molecular weight excluding hydrogens is 245 g/mol. The number of nitrogens with one attached hydrogen (secondary N) is 1. The Balaban J connectivity index is 2.48. The summed E-state index contributed by atoms with van der Waals surface area (Å²) in [4.78, 5) is 10.8. The van der Waals surface area contributed by atoms with E-state index in [1.165, 1.54) is 12.1 Å². The fourth-order valence-corrected chi connectivity index (χ4v) is 2.01. The normalized spacial score (nSPS) is 12.3. The number of carbonyl (C=O) groups is 1. The number of hydrogen-bond acceptors (Lipinski definition) is 2. The lowest BCUT2D eigenvalue weighted by Gasteiger charge is -2.17. The number of aliphatic carboxylic acids is 1. The van der Waals surface area contributed by atoms with Crippen LogP contribution in [0.25, 0.3) is 0 Å². The van der Waals surface area contributed by atoms with E-state index >= 15 is 0 Å². The van der Waals surface area contributed by atoms with Crippen LogP contribution in [0, 0.1) is 5.82 Å². The second-order valence-corrected chi connectivity index (χ2v) is 4.79. The Hall–Kier alpha value is -1.42. The first kappa shape index (κ1) is 15.6. The molecule has 0 aliphatic carbocycles. The van der Waals surface area contributed by atoms with Crippen LogP contribution in [-0.2, 0) is 11.2 Å². The quantitative estimate of drug-likeness (QED) is 0.676.